The second kappa shape index (κ2) is 11.2. The molecule has 38 heavy (non-hydrogen) atoms. The van der Waals surface area contributed by atoms with Crippen molar-refractivity contribution in [3.05, 3.63) is 23.8 Å². The number of likely N-dealkylation sites (tertiary alicyclic amines) is 2. The van der Waals surface area contributed by atoms with Crippen LogP contribution < -0.4 is 9.47 Å². The first kappa shape index (κ1) is 26.9. The van der Waals surface area contributed by atoms with Crippen molar-refractivity contribution in [3.8, 4) is 11.5 Å². The van der Waals surface area contributed by atoms with E-state index in [4.69, 9.17) is 18.9 Å². The lowest BCUT2D eigenvalue weighted by Crippen LogP contribution is -2.51. The molecular weight excluding hydrogens is 486 g/mol. The maximum atomic E-state index is 12.7. The number of morpholine rings is 1. The molecule has 0 bridgehead atoms. The number of carbonyl (C=O) groups excluding carboxylic acids is 2. The summed E-state index contributed by atoms with van der Waals surface area (Å²) < 4.78 is 23.8. The number of hydrogen-bond acceptors (Lipinski definition) is 6. The molecule has 4 aliphatic heterocycles. The first-order valence-corrected chi connectivity index (χ1v) is 14.2. The number of rotatable bonds is 3. The average molecular weight is 530 g/mol. The lowest BCUT2D eigenvalue weighted by molar-refractivity contribution is -0.0173. The zero-order chi connectivity index (χ0) is 26.8. The number of urea groups is 1. The molecule has 3 fully saturated rings. The van der Waals surface area contributed by atoms with E-state index in [9.17, 15) is 9.59 Å². The molecule has 0 aliphatic carbocycles. The molecule has 4 heterocycles. The third-order valence-corrected chi connectivity index (χ3v) is 8.07. The van der Waals surface area contributed by atoms with Crippen LogP contribution in [0.15, 0.2) is 18.2 Å². The van der Waals surface area contributed by atoms with Crippen LogP contribution in [0.5, 0.6) is 11.5 Å². The molecule has 1 spiro atoms. The normalized spacial score (nSPS) is 22.0. The van der Waals surface area contributed by atoms with E-state index in [1.807, 2.05) is 26.8 Å². The Bertz CT molecular complexity index is 987. The summed E-state index contributed by atoms with van der Waals surface area (Å²) in [5.41, 5.74) is 0.931. The van der Waals surface area contributed by atoms with E-state index in [0.29, 0.717) is 46.0 Å². The fraction of sp³-hybridized carbons (Fsp3) is 0.724. The highest BCUT2D eigenvalue weighted by molar-refractivity contribution is 5.74. The lowest BCUT2D eigenvalue weighted by Gasteiger charge is -2.44. The third kappa shape index (κ3) is 6.47. The van der Waals surface area contributed by atoms with E-state index in [-0.39, 0.29) is 29.2 Å². The summed E-state index contributed by atoms with van der Waals surface area (Å²) >= 11 is 0. The number of benzene rings is 1. The summed E-state index contributed by atoms with van der Waals surface area (Å²) in [5, 5.41) is 0. The standard InChI is InChI=1S/C29H43N3O6/c1-28(2,3)21-36-27(34)32-14-10-29(11-15-32)9-6-22-20-24(4-5-25(22)38-29)37-23-7-12-30(13-8-23)26(33)31-16-18-35-19-17-31/h4-5,20,23H,6-19,21H2,1-3H3. The Balaban J connectivity index is 1.09. The van der Waals surface area contributed by atoms with Crippen LogP contribution in [0.1, 0.15) is 58.4 Å². The molecule has 3 amide bonds. The third-order valence-electron chi connectivity index (χ3n) is 8.07. The Kier molecular flexibility index (Phi) is 7.93. The maximum Gasteiger partial charge on any atom is 0.409 e. The van der Waals surface area contributed by atoms with Gasteiger partial charge < -0.3 is 33.6 Å². The van der Waals surface area contributed by atoms with E-state index in [0.717, 1.165) is 63.1 Å². The SMILES string of the molecule is CC(C)(C)COC(=O)N1CCC2(CCc3cc(OC4CCN(C(=O)N5CCOCC5)CC4)ccc3O2)CC1. The minimum atomic E-state index is -0.218. The summed E-state index contributed by atoms with van der Waals surface area (Å²) in [4.78, 5) is 30.9. The average Bonchev–Trinajstić information content (AvgIpc) is 2.92. The molecule has 5 rings (SSSR count). The van der Waals surface area contributed by atoms with Gasteiger partial charge in [-0.3, -0.25) is 0 Å². The van der Waals surface area contributed by atoms with Gasteiger partial charge in [-0.25, -0.2) is 9.59 Å². The van der Waals surface area contributed by atoms with Crippen LogP contribution in [-0.2, 0) is 15.9 Å². The zero-order valence-corrected chi connectivity index (χ0v) is 23.2. The van der Waals surface area contributed by atoms with Crippen LogP contribution in [0, 0.1) is 5.41 Å². The van der Waals surface area contributed by atoms with Crippen LogP contribution in [0.3, 0.4) is 0 Å². The predicted molar refractivity (Wildman–Crippen MR) is 143 cm³/mol. The molecule has 1 aromatic carbocycles. The number of hydrogen-bond donors (Lipinski definition) is 0. The minimum absolute atomic E-state index is 0.0369. The summed E-state index contributed by atoms with van der Waals surface area (Å²) in [6.07, 6.45) is 5.07. The van der Waals surface area contributed by atoms with Gasteiger partial charge in [-0.1, -0.05) is 20.8 Å². The van der Waals surface area contributed by atoms with E-state index >= 15 is 0 Å². The van der Waals surface area contributed by atoms with Gasteiger partial charge in [-0.15, -0.1) is 0 Å². The molecule has 3 saturated heterocycles. The highest BCUT2D eigenvalue weighted by atomic mass is 16.6. The molecule has 0 radical (unpaired) electrons. The number of fused-ring (bicyclic) bond motifs is 1. The van der Waals surface area contributed by atoms with E-state index in [1.165, 1.54) is 5.56 Å². The van der Waals surface area contributed by atoms with Crippen molar-refractivity contribution < 1.29 is 28.5 Å². The molecule has 9 nitrogen and oxygen atoms in total. The molecule has 210 valence electrons. The number of amides is 3. The van der Waals surface area contributed by atoms with Gasteiger partial charge in [0.25, 0.3) is 0 Å². The van der Waals surface area contributed by atoms with E-state index in [1.54, 1.807) is 0 Å². The van der Waals surface area contributed by atoms with Crippen LogP contribution in [0.4, 0.5) is 9.59 Å². The van der Waals surface area contributed by atoms with Crippen LogP contribution in [0.25, 0.3) is 0 Å². The van der Waals surface area contributed by atoms with Crippen LogP contribution in [0.2, 0.25) is 0 Å². The summed E-state index contributed by atoms with van der Waals surface area (Å²) in [6, 6.07) is 6.28. The van der Waals surface area contributed by atoms with Crippen molar-refractivity contribution >= 4 is 12.1 Å². The summed E-state index contributed by atoms with van der Waals surface area (Å²) in [7, 11) is 0. The van der Waals surface area contributed by atoms with Gasteiger partial charge in [0.1, 0.15) is 23.2 Å². The topological polar surface area (TPSA) is 80.8 Å². The largest absolute Gasteiger partial charge is 0.490 e. The highest BCUT2D eigenvalue weighted by Crippen LogP contribution is 2.41. The van der Waals surface area contributed by atoms with E-state index in [2.05, 4.69) is 26.8 Å². The Labute approximate surface area is 226 Å². The Morgan fingerprint density at radius 2 is 1.63 bits per heavy atom. The first-order valence-electron chi connectivity index (χ1n) is 14.2. The minimum Gasteiger partial charge on any atom is -0.490 e. The fourth-order valence-corrected chi connectivity index (χ4v) is 5.70. The number of aryl methyl sites for hydroxylation is 1. The number of nitrogens with zero attached hydrogens (tertiary/aromatic N) is 3. The predicted octanol–water partition coefficient (Wildman–Crippen LogP) is 4.32. The van der Waals surface area contributed by atoms with Gasteiger partial charge >= 0.3 is 12.1 Å². The Hall–Kier alpha value is -2.68. The fourth-order valence-electron chi connectivity index (χ4n) is 5.70. The van der Waals surface area contributed by atoms with Crippen molar-refractivity contribution in [3.63, 3.8) is 0 Å². The van der Waals surface area contributed by atoms with Crippen molar-refractivity contribution in [1.82, 2.24) is 14.7 Å². The summed E-state index contributed by atoms with van der Waals surface area (Å²) in [6.45, 7) is 12.0. The highest BCUT2D eigenvalue weighted by Gasteiger charge is 2.41. The molecule has 0 unspecified atom stereocenters. The maximum absolute atomic E-state index is 12.7. The quantitative estimate of drug-likeness (QED) is 0.580. The number of carbonyl (C=O) groups is 2. The smallest absolute Gasteiger partial charge is 0.409 e. The van der Waals surface area contributed by atoms with Gasteiger partial charge in [-0.2, -0.15) is 0 Å². The van der Waals surface area contributed by atoms with Crippen LogP contribution in [-0.4, -0.2) is 97.6 Å². The summed E-state index contributed by atoms with van der Waals surface area (Å²) in [5.74, 6) is 1.80. The molecule has 4 aliphatic rings. The van der Waals surface area contributed by atoms with Gasteiger partial charge in [0, 0.05) is 65.0 Å². The Morgan fingerprint density at radius 3 is 2.32 bits per heavy atom. The van der Waals surface area contributed by atoms with Gasteiger partial charge in [-0.05, 0) is 42.0 Å². The second-order valence-corrected chi connectivity index (χ2v) is 12.3. The molecular formula is C29H43N3O6. The lowest BCUT2D eigenvalue weighted by atomic mass is 9.83. The number of piperidine rings is 2. The first-order chi connectivity index (χ1) is 18.2. The molecule has 1 aromatic rings. The van der Waals surface area contributed by atoms with Crippen molar-refractivity contribution in [1.29, 1.82) is 0 Å². The monoisotopic (exact) mass is 529 g/mol. The molecule has 0 aromatic heterocycles. The second-order valence-electron chi connectivity index (χ2n) is 12.3. The van der Waals surface area contributed by atoms with Gasteiger partial charge in [0.2, 0.25) is 0 Å². The van der Waals surface area contributed by atoms with Gasteiger partial charge in [0.05, 0.1) is 19.8 Å². The van der Waals surface area contributed by atoms with Crippen molar-refractivity contribution in [2.75, 3.05) is 59.1 Å². The van der Waals surface area contributed by atoms with Crippen molar-refractivity contribution in [2.24, 2.45) is 5.41 Å². The van der Waals surface area contributed by atoms with E-state index < -0.39 is 0 Å². The molecule has 0 saturated carbocycles. The van der Waals surface area contributed by atoms with Crippen molar-refractivity contribution in [2.45, 2.75) is 71.0 Å². The van der Waals surface area contributed by atoms with Crippen LogP contribution >= 0.6 is 0 Å². The van der Waals surface area contributed by atoms with Gasteiger partial charge in [0.15, 0.2) is 0 Å². The molecule has 0 N–H and O–H groups in total. The molecule has 9 heteroatoms. The number of ether oxygens (including phenoxy) is 4. The zero-order valence-electron chi connectivity index (χ0n) is 23.2. The Morgan fingerprint density at radius 1 is 0.947 bits per heavy atom. The molecule has 0 atom stereocenters.